The number of carbonyl (C=O) groups excluding carboxylic acids is 1. The lowest BCUT2D eigenvalue weighted by Gasteiger charge is -2.05. The molecule has 4 heterocycles. The standard InChI is InChI=1S/C21H19N7O2/c1-2-3-17-24-21(30-27-17)15-7-9-28-18(11-15)25-26-19(28)12-23-20(29)14-4-5-16-13(10-14)6-8-22-16/h4-11,22H,2-3,12H2,1H3,(H,23,29). The van der Waals surface area contributed by atoms with Gasteiger partial charge < -0.3 is 14.8 Å². The zero-order valence-corrected chi connectivity index (χ0v) is 16.3. The molecule has 30 heavy (non-hydrogen) atoms. The van der Waals surface area contributed by atoms with Crippen LogP contribution in [0.2, 0.25) is 0 Å². The molecule has 0 aliphatic rings. The second-order valence-corrected chi connectivity index (χ2v) is 6.99. The number of aromatic nitrogens is 6. The van der Waals surface area contributed by atoms with Gasteiger partial charge in [-0.1, -0.05) is 12.1 Å². The first-order valence-electron chi connectivity index (χ1n) is 9.73. The Morgan fingerprint density at radius 3 is 3.03 bits per heavy atom. The normalized spacial score (nSPS) is 11.4. The van der Waals surface area contributed by atoms with Crippen molar-refractivity contribution in [2.24, 2.45) is 0 Å². The SMILES string of the molecule is CCCc1noc(-c2ccn3c(CNC(=O)c4ccc5[nH]ccc5c4)nnc3c2)n1. The van der Waals surface area contributed by atoms with Crippen LogP contribution in [0.4, 0.5) is 0 Å². The molecule has 0 unspecified atom stereocenters. The van der Waals surface area contributed by atoms with Gasteiger partial charge in [-0.2, -0.15) is 4.98 Å². The Hall–Kier alpha value is -4.01. The Balaban J connectivity index is 1.32. The molecule has 0 bridgehead atoms. The molecule has 0 fully saturated rings. The molecule has 0 aliphatic carbocycles. The van der Waals surface area contributed by atoms with Gasteiger partial charge in [0.25, 0.3) is 11.8 Å². The maximum Gasteiger partial charge on any atom is 0.258 e. The smallest absolute Gasteiger partial charge is 0.258 e. The van der Waals surface area contributed by atoms with Crippen LogP contribution in [0.25, 0.3) is 28.0 Å². The minimum Gasteiger partial charge on any atom is -0.361 e. The third-order valence-corrected chi connectivity index (χ3v) is 4.89. The number of aromatic amines is 1. The third-order valence-electron chi connectivity index (χ3n) is 4.89. The summed E-state index contributed by atoms with van der Waals surface area (Å²) in [5.74, 6) is 1.61. The van der Waals surface area contributed by atoms with Crippen molar-refractivity contribution in [1.82, 2.24) is 35.0 Å². The van der Waals surface area contributed by atoms with Gasteiger partial charge in [0, 0.05) is 40.8 Å². The van der Waals surface area contributed by atoms with E-state index in [1.54, 1.807) is 6.07 Å². The number of rotatable bonds is 6. The molecular weight excluding hydrogens is 382 g/mol. The molecule has 0 spiro atoms. The van der Waals surface area contributed by atoms with Crippen LogP contribution in [0.5, 0.6) is 0 Å². The number of hydrogen-bond donors (Lipinski definition) is 2. The van der Waals surface area contributed by atoms with Gasteiger partial charge in [-0.25, -0.2) is 0 Å². The van der Waals surface area contributed by atoms with Gasteiger partial charge in [-0.15, -0.1) is 10.2 Å². The lowest BCUT2D eigenvalue weighted by atomic mass is 10.1. The van der Waals surface area contributed by atoms with Gasteiger partial charge >= 0.3 is 0 Å². The summed E-state index contributed by atoms with van der Waals surface area (Å²) in [7, 11) is 0. The molecule has 5 aromatic rings. The number of amides is 1. The number of H-pyrrole nitrogens is 1. The average Bonchev–Trinajstić information content (AvgIpc) is 3.50. The van der Waals surface area contributed by atoms with Crippen molar-refractivity contribution in [1.29, 1.82) is 0 Å². The van der Waals surface area contributed by atoms with E-state index < -0.39 is 0 Å². The Kier molecular flexibility index (Phi) is 4.47. The van der Waals surface area contributed by atoms with Gasteiger partial charge in [0.05, 0.1) is 6.54 Å². The van der Waals surface area contributed by atoms with Crippen LogP contribution in [0.1, 0.15) is 35.4 Å². The molecule has 0 radical (unpaired) electrons. The van der Waals surface area contributed by atoms with Gasteiger partial charge in [0.1, 0.15) is 0 Å². The van der Waals surface area contributed by atoms with Crippen molar-refractivity contribution < 1.29 is 9.32 Å². The molecule has 5 rings (SSSR count). The fraction of sp³-hybridized carbons (Fsp3) is 0.190. The number of benzene rings is 1. The van der Waals surface area contributed by atoms with Crippen molar-refractivity contribution in [3.8, 4) is 11.5 Å². The van der Waals surface area contributed by atoms with E-state index in [0.29, 0.717) is 28.8 Å². The highest BCUT2D eigenvalue weighted by molar-refractivity contribution is 5.98. The van der Waals surface area contributed by atoms with Crippen LogP contribution in [0.15, 0.2) is 53.3 Å². The zero-order chi connectivity index (χ0) is 20.5. The fourth-order valence-electron chi connectivity index (χ4n) is 3.35. The van der Waals surface area contributed by atoms with Crippen LogP contribution >= 0.6 is 0 Å². The maximum atomic E-state index is 12.5. The molecule has 9 nitrogen and oxygen atoms in total. The molecule has 9 heteroatoms. The largest absolute Gasteiger partial charge is 0.361 e. The molecule has 150 valence electrons. The summed E-state index contributed by atoms with van der Waals surface area (Å²) >= 11 is 0. The number of carbonyl (C=O) groups is 1. The highest BCUT2D eigenvalue weighted by Crippen LogP contribution is 2.19. The Bertz CT molecular complexity index is 1350. The summed E-state index contributed by atoms with van der Waals surface area (Å²) in [6.45, 7) is 2.32. The number of aryl methyl sites for hydroxylation is 1. The Labute approximate surface area is 171 Å². The molecule has 0 atom stereocenters. The highest BCUT2D eigenvalue weighted by atomic mass is 16.5. The third kappa shape index (κ3) is 3.30. The number of nitrogens with zero attached hydrogens (tertiary/aromatic N) is 5. The second-order valence-electron chi connectivity index (χ2n) is 6.99. The first-order valence-corrected chi connectivity index (χ1v) is 9.73. The summed E-state index contributed by atoms with van der Waals surface area (Å²) in [4.78, 5) is 20.0. The molecule has 0 saturated carbocycles. The van der Waals surface area contributed by atoms with Crippen LogP contribution in [-0.4, -0.2) is 35.6 Å². The van der Waals surface area contributed by atoms with Crippen molar-refractivity contribution in [3.05, 3.63) is 66.0 Å². The molecule has 0 aliphatic heterocycles. The van der Waals surface area contributed by atoms with E-state index >= 15 is 0 Å². The molecular formula is C21H19N7O2. The van der Waals surface area contributed by atoms with Crippen LogP contribution in [0, 0.1) is 0 Å². The van der Waals surface area contributed by atoms with E-state index in [9.17, 15) is 4.79 Å². The predicted molar refractivity (Wildman–Crippen MR) is 110 cm³/mol. The van der Waals surface area contributed by atoms with Gasteiger partial charge in [-0.05, 0) is 42.8 Å². The van der Waals surface area contributed by atoms with Crippen LogP contribution in [0.3, 0.4) is 0 Å². The summed E-state index contributed by atoms with van der Waals surface area (Å²) in [5.41, 5.74) is 3.01. The first kappa shape index (κ1) is 18.0. The quantitative estimate of drug-likeness (QED) is 0.452. The summed E-state index contributed by atoms with van der Waals surface area (Å²) in [6.07, 6.45) is 5.41. The zero-order valence-electron chi connectivity index (χ0n) is 16.3. The van der Waals surface area contributed by atoms with Crippen LogP contribution < -0.4 is 5.32 Å². The second kappa shape index (κ2) is 7.43. The van der Waals surface area contributed by atoms with E-state index in [4.69, 9.17) is 4.52 Å². The van der Waals surface area contributed by atoms with Crippen molar-refractivity contribution in [3.63, 3.8) is 0 Å². The number of nitrogens with one attached hydrogen (secondary N) is 2. The van der Waals surface area contributed by atoms with E-state index in [1.165, 1.54) is 0 Å². The van der Waals surface area contributed by atoms with Gasteiger partial charge in [0.15, 0.2) is 17.3 Å². The van der Waals surface area contributed by atoms with Crippen molar-refractivity contribution in [2.45, 2.75) is 26.3 Å². The lowest BCUT2D eigenvalue weighted by molar-refractivity contribution is 0.0950. The summed E-state index contributed by atoms with van der Waals surface area (Å²) in [6, 6.07) is 11.2. The van der Waals surface area contributed by atoms with Crippen LogP contribution in [-0.2, 0) is 13.0 Å². The van der Waals surface area contributed by atoms with E-state index in [2.05, 4.69) is 37.6 Å². The molecule has 1 amide bonds. The summed E-state index contributed by atoms with van der Waals surface area (Å²) < 4.78 is 7.16. The minimum atomic E-state index is -0.166. The number of fused-ring (bicyclic) bond motifs is 2. The number of pyridine rings is 1. The molecule has 4 aromatic heterocycles. The lowest BCUT2D eigenvalue weighted by Crippen LogP contribution is -2.23. The first-order chi connectivity index (χ1) is 14.7. The average molecular weight is 401 g/mol. The maximum absolute atomic E-state index is 12.5. The Morgan fingerprint density at radius 1 is 1.20 bits per heavy atom. The molecule has 1 aromatic carbocycles. The number of hydrogen-bond acceptors (Lipinski definition) is 6. The van der Waals surface area contributed by atoms with Gasteiger partial charge in [0.2, 0.25) is 0 Å². The van der Waals surface area contributed by atoms with E-state index in [-0.39, 0.29) is 12.5 Å². The molecule has 0 saturated heterocycles. The fourth-order valence-corrected chi connectivity index (χ4v) is 3.35. The van der Waals surface area contributed by atoms with E-state index in [0.717, 1.165) is 29.3 Å². The van der Waals surface area contributed by atoms with Gasteiger partial charge in [-0.3, -0.25) is 9.20 Å². The van der Waals surface area contributed by atoms with E-state index in [1.807, 2.05) is 47.1 Å². The predicted octanol–water partition coefficient (Wildman–Crippen LogP) is 3.14. The topological polar surface area (TPSA) is 114 Å². The minimum absolute atomic E-state index is 0.166. The van der Waals surface area contributed by atoms with Crippen molar-refractivity contribution >= 4 is 22.5 Å². The highest BCUT2D eigenvalue weighted by Gasteiger charge is 2.13. The summed E-state index contributed by atoms with van der Waals surface area (Å²) in [5, 5.41) is 16.3. The Morgan fingerprint density at radius 2 is 2.13 bits per heavy atom. The monoisotopic (exact) mass is 401 g/mol. The molecule has 2 N–H and O–H groups in total. The van der Waals surface area contributed by atoms with Crippen molar-refractivity contribution in [2.75, 3.05) is 0 Å².